The summed E-state index contributed by atoms with van der Waals surface area (Å²) in [4.78, 5) is 2.86. The molecule has 0 radical (unpaired) electrons. The fourth-order valence-electron chi connectivity index (χ4n) is 1.63. The summed E-state index contributed by atoms with van der Waals surface area (Å²) in [5, 5.41) is 7.03. The number of azide groups is 1. The first-order valence-electron chi connectivity index (χ1n) is 4.29. The highest BCUT2D eigenvalue weighted by Crippen LogP contribution is 2.31. The van der Waals surface area contributed by atoms with E-state index in [4.69, 9.17) is 5.53 Å². The number of hydrogen-bond donors (Lipinski definition) is 1. The lowest BCUT2D eigenvalue weighted by Gasteiger charge is -2.22. The van der Waals surface area contributed by atoms with Crippen LogP contribution in [0.5, 0.6) is 0 Å². The number of nitrogens with zero attached hydrogens (tertiary/aromatic N) is 3. The van der Waals surface area contributed by atoms with Crippen molar-refractivity contribution in [1.82, 2.24) is 0 Å². The molecule has 0 saturated heterocycles. The smallest absolute Gasteiger partial charge is 0.0662 e. The Hall–Kier alpha value is -1.67. The summed E-state index contributed by atoms with van der Waals surface area (Å²) >= 11 is 0. The first-order valence-corrected chi connectivity index (χ1v) is 4.29. The molecule has 1 aromatic carbocycles. The molecule has 4 heteroatoms. The van der Waals surface area contributed by atoms with E-state index in [0.29, 0.717) is 0 Å². The van der Waals surface area contributed by atoms with Crippen LogP contribution in [0.1, 0.15) is 18.0 Å². The van der Waals surface area contributed by atoms with Gasteiger partial charge in [-0.05, 0) is 23.6 Å². The zero-order valence-corrected chi connectivity index (χ0v) is 7.14. The minimum absolute atomic E-state index is 0.00227. The van der Waals surface area contributed by atoms with Crippen molar-refractivity contribution in [3.63, 3.8) is 0 Å². The molecule has 2 rings (SSSR count). The van der Waals surface area contributed by atoms with Crippen LogP contribution in [-0.4, -0.2) is 6.54 Å². The van der Waals surface area contributed by atoms with Crippen molar-refractivity contribution < 1.29 is 0 Å². The van der Waals surface area contributed by atoms with Gasteiger partial charge in [0.1, 0.15) is 0 Å². The van der Waals surface area contributed by atoms with Crippen molar-refractivity contribution in [3.05, 3.63) is 40.3 Å². The van der Waals surface area contributed by atoms with E-state index >= 15 is 0 Å². The van der Waals surface area contributed by atoms with Crippen LogP contribution >= 0.6 is 0 Å². The first-order chi connectivity index (χ1) is 6.42. The molecule has 1 aliphatic heterocycles. The number of anilines is 1. The topological polar surface area (TPSA) is 60.8 Å². The van der Waals surface area contributed by atoms with Gasteiger partial charge in [-0.25, -0.2) is 0 Å². The minimum atomic E-state index is 0.00227. The van der Waals surface area contributed by atoms with E-state index in [2.05, 4.69) is 15.3 Å². The maximum Gasteiger partial charge on any atom is 0.0662 e. The average Bonchev–Trinajstić information content (AvgIpc) is 2.19. The van der Waals surface area contributed by atoms with Crippen LogP contribution in [0.3, 0.4) is 0 Å². The Kier molecular flexibility index (Phi) is 2.06. The van der Waals surface area contributed by atoms with Crippen LogP contribution in [-0.2, 0) is 0 Å². The molecule has 0 spiro atoms. The Balaban J connectivity index is 2.42. The number of rotatable bonds is 1. The van der Waals surface area contributed by atoms with Crippen LogP contribution in [0.15, 0.2) is 29.4 Å². The molecule has 1 aromatic rings. The third-order valence-corrected chi connectivity index (χ3v) is 2.24. The highest BCUT2D eigenvalue weighted by molar-refractivity contribution is 5.54. The highest BCUT2D eigenvalue weighted by Gasteiger charge is 2.17. The number of para-hydroxylation sites is 1. The monoisotopic (exact) mass is 174 g/mol. The second-order valence-electron chi connectivity index (χ2n) is 3.02. The van der Waals surface area contributed by atoms with Crippen LogP contribution in [0, 0.1) is 0 Å². The largest absolute Gasteiger partial charge is 0.385 e. The molecule has 1 heterocycles. The number of nitrogens with one attached hydrogen (secondary N) is 1. The van der Waals surface area contributed by atoms with Crippen molar-refractivity contribution in [2.24, 2.45) is 5.11 Å². The number of fused-ring (bicyclic) bond motifs is 1. The van der Waals surface area contributed by atoms with Crippen LogP contribution in [0.4, 0.5) is 5.69 Å². The molecular weight excluding hydrogens is 164 g/mol. The van der Waals surface area contributed by atoms with Gasteiger partial charge < -0.3 is 5.32 Å². The van der Waals surface area contributed by atoms with E-state index in [-0.39, 0.29) is 6.04 Å². The SMILES string of the molecule is [N-]=[N+]=NC1CCNc2ccccc21. The zero-order chi connectivity index (χ0) is 9.10. The van der Waals surface area contributed by atoms with Gasteiger partial charge in [-0.1, -0.05) is 23.3 Å². The van der Waals surface area contributed by atoms with E-state index < -0.39 is 0 Å². The summed E-state index contributed by atoms with van der Waals surface area (Å²) in [7, 11) is 0. The highest BCUT2D eigenvalue weighted by atomic mass is 15.2. The van der Waals surface area contributed by atoms with Crippen LogP contribution in [0.2, 0.25) is 0 Å². The molecule has 1 aliphatic rings. The van der Waals surface area contributed by atoms with Gasteiger partial charge in [-0.3, -0.25) is 0 Å². The molecule has 4 nitrogen and oxygen atoms in total. The lowest BCUT2D eigenvalue weighted by atomic mass is 9.99. The Morgan fingerprint density at radius 1 is 1.46 bits per heavy atom. The van der Waals surface area contributed by atoms with E-state index in [0.717, 1.165) is 24.2 Å². The Bertz CT molecular complexity index is 354. The fraction of sp³-hybridized carbons (Fsp3) is 0.333. The summed E-state index contributed by atoms with van der Waals surface area (Å²) in [5.41, 5.74) is 10.6. The zero-order valence-electron chi connectivity index (χ0n) is 7.14. The third-order valence-electron chi connectivity index (χ3n) is 2.24. The molecule has 0 amide bonds. The van der Waals surface area contributed by atoms with E-state index in [9.17, 15) is 0 Å². The predicted octanol–water partition coefficient (Wildman–Crippen LogP) is 2.85. The summed E-state index contributed by atoms with van der Waals surface area (Å²) in [6.45, 7) is 0.876. The molecular formula is C9H10N4. The van der Waals surface area contributed by atoms with Gasteiger partial charge in [0.2, 0.25) is 0 Å². The number of hydrogen-bond acceptors (Lipinski definition) is 2. The Morgan fingerprint density at radius 3 is 3.15 bits per heavy atom. The van der Waals surface area contributed by atoms with Crippen LogP contribution in [0.25, 0.3) is 10.4 Å². The van der Waals surface area contributed by atoms with Gasteiger partial charge in [-0.2, -0.15) is 0 Å². The summed E-state index contributed by atoms with van der Waals surface area (Å²) < 4.78 is 0. The van der Waals surface area contributed by atoms with E-state index in [1.807, 2.05) is 24.3 Å². The molecule has 0 fully saturated rings. The van der Waals surface area contributed by atoms with Gasteiger partial charge in [0.05, 0.1) is 6.04 Å². The van der Waals surface area contributed by atoms with Crippen LogP contribution < -0.4 is 5.32 Å². The second-order valence-corrected chi connectivity index (χ2v) is 3.02. The maximum atomic E-state index is 8.38. The summed E-state index contributed by atoms with van der Waals surface area (Å²) in [6, 6.07) is 7.95. The molecule has 0 aromatic heterocycles. The van der Waals surface area contributed by atoms with Crippen molar-refractivity contribution in [1.29, 1.82) is 0 Å². The van der Waals surface area contributed by atoms with Gasteiger partial charge in [0.25, 0.3) is 0 Å². The average molecular weight is 174 g/mol. The molecule has 1 N–H and O–H groups in total. The number of benzene rings is 1. The fourth-order valence-corrected chi connectivity index (χ4v) is 1.63. The first kappa shape index (κ1) is 7.95. The predicted molar refractivity (Wildman–Crippen MR) is 51.4 cm³/mol. The maximum absolute atomic E-state index is 8.38. The van der Waals surface area contributed by atoms with Crippen molar-refractivity contribution in [2.75, 3.05) is 11.9 Å². The van der Waals surface area contributed by atoms with Crippen molar-refractivity contribution in [3.8, 4) is 0 Å². The summed E-state index contributed by atoms with van der Waals surface area (Å²) in [5.74, 6) is 0. The lowest BCUT2D eigenvalue weighted by molar-refractivity contribution is 0.650. The normalized spacial score (nSPS) is 19.5. The molecule has 0 saturated carbocycles. The van der Waals surface area contributed by atoms with Gasteiger partial charge in [0.15, 0.2) is 0 Å². The molecule has 1 atom stereocenters. The van der Waals surface area contributed by atoms with Crippen molar-refractivity contribution in [2.45, 2.75) is 12.5 Å². The molecule has 66 valence electrons. The molecule has 1 unspecified atom stereocenters. The van der Waals surface area contributed by atoms with E-state index in [1.54, 1.807) is 0 Å². The standard InChI is InChI=1S/C9H10N4/c10-13-12-9-5-6-11-8-4-2-1-3-7(8)9/h1-4,9,11H,5-6H2. The summed E-state index contributed by atoms with van der Waals surface area (Å²) in [6.07, 6.45) is 0.876. The third kappa shape index (κ3) is 1.44. The quantitative estimate of drug-likeness (QED) is 0.397. The minimum Gasteiger partial charge on any atom is -0.385 e. The molecule has 13 heavy (non-hydrogen) atoms. The lowest BCUT2D eigenvalue weighted by Crippen LogP contribution is -2.14. The Labute approximate surface area is 76.2 Å². The molecule has 0 bridgehead atoms. The molecule has 0 aliphatic carbocycles. The van der Waals surface area contributed by atoms with Gasteiger partial charge >= 0.3 is 0 Å². The van der Waals surface area contributed by atoms with Gasteiger partial charge in [-0.15, -0.1) is 0 Å². The van der Waals surface area contributed by atoms with Gasteiger partial charge in [0, 0.05) is 17.1 Å². The second kappa shape index (κ2) is 3.37. The van der Waals surface area contributed by atoms with Crippen molar-refractivity contribution >= 4 is 5.69 Å². The Morgan fingerprint density at radius 2 is 2.31 bits per heavy atom. The van der Waals surface area contributed by atoms with E-state index in [1.165, 1.54) is 0 Å².